The van der Waals surface area contributed by atoms with E-state index in [4.69, 9.17) is 16.3 Å². The van der Waals surface area contributed by atoms with Gasteiger partial charge in [0.15, 0.2) is 0 Å². The summed E-state index contributed by atoms with van der Waals surface area (Å²) in [5.74, 6) is 1.14. The standard InChI is InChI=1S/C18H25ClN2O2/c1-13(2)20-9-5-6-14(10-20)18(22)21-11-15(12-21)23-17-8-4-3-7-16(17)19/h3-4,7-8,13-15H,5-6,9-12H2,1-2H3. The first-order valence-electron chi connectivity index (χ1n) is 8.48. The quantitative estimate of drug-likeness (QED) is 0.847. The lowest BCUT2D eigenvalue weighted by Gasteiger charge is -2.43. The highest BCUT2D eigenvalue weighted by atomic mass is 35.5. The Morgan fingerprint density at radius 1 is 1.26 bits per heavy atom. The van der Waals surface area contributed by atoms with Gasteiger partial charge >= 0.3 is 0 Å². The summed E-state index contributed by atoms with van der Waals surface area (Å²) < 4.78 is 5.87. The molecule has 2 fully saturated rings. The van der Waals surface area contributed by atoms with Crippen LogP contribution in [-0.2, 0) is 4.79 Å². The van der Waals surface area contributed by atoms with E-state index in [1.54, 1.807) is 0 Å². The Labute approximate surface area is 143 Å². The smallest absolute Gasteiger partial charge is 0.227 e. The van der Waals surface area contributed by atoms with Crippen LogP contribution in [0.15, 0.2) is 24.3 Å². The van der Waals surface area contributed by atoms with Crippen molar-refractivity contribution in [3.63, 3.8) is 0 Å². The number of carbonyl (C=O) groups excluding carboxylic acids is 1. The van der Waals surface area contributed by atoms with Gasteiger partial charge in [-0.3, -0.25) is 4.79 Å². The van der Waals surface area contributed by atoms with Crippen LogP contribution in [0.2, 0.25) is 5.02 Å². The summed E-state index contributed by atoms with van der Waals surface area (Å²) >= 11 is 6.10. The number of benzene rings is 1. The number of piperidine rings is 1. The fourth-order valence-corrected chi connectivity index (χ4v) is 3.53. The van der Waals surface area contributed by atoms with E-state index in [9.17, 15) is 4.79 Å². The van der Waals surface area contributed by atoms with E-state index in [2.05, 4.69) is 18.7 Å². The SMILES string of the molecule is CC(C)N1CCCC(C(=O)N2CC(Oc3ccccc3Cl)C2)C1. The fourth-order valence-electron chi connectivity index (χ4n) is 3.35. The number of para-hydroxylation sites is 1. The third kappa shape index (κ3) is 3.81. The lowest BCUT2D eigenvalue weighted by molar-refractivity contribution is -0.146. The Morgan fingerprint density at radius 3 is 2.70 bits per heavy atom. The first kappa shape index (κ1) is 16.6. The van der Waals surface area contributed by atoms with E-state index in [1.165, 1.54) is 0 Å². The molecule has 0 aromatic heterocycles. The zero-order valence-corrected chi connectivity index (χ0v) is 14.6. The van der Waals surface area contributed by atoms with Crippen molar-refractivity contribution in [1.29, 1.82) is 0 Å². The molecule has 1 amide bonds. The fraction of sp³-hybridized carbons (Fsp3) is 0.611. The minimum atomic E-state index is 0.0589. The van der Waals surface area contributed by atoms with E-state index in [0.29, 0.717) is 29.9 Å². The molecule has 2 saturated heterocycles. The second kappa shape index (κ2) is 7.10. The van der Waals surface area contributed by atoms with Gasteiger partial charge in [-0.05, 0) is 45.4 Å². The van der Waals surface area contributed by atoms with Crippen LogP contribution in [0.4, 0.5) is 0 Å². The lowest BCUT2D eigenvalue weighted by Crippen LogP contribution is -2.59. The third-order valence-electron chi connectivity index (χ3n) is 4.82. The van der Waals surface area contributed by atoms with Gasteiger partial charge < -0.3 is 14.5 Å². The number of rotatable bonds is 4. The predicted molar refractivity (Wildman–Crippen MR) is 91.9 cm³/mol. The van der Waals surface area contributed by atoms with Gasteiger partial charge in [-0.2, -0.15) is 0 Å². The Hall–Kier alpha value is -1.26. The molecule has 126 valence electrons. The average Bonchev–Trinajstić information content (AvgIpc) is 2.51. The van der Waals surface area contributed by atoms with Crippen molar-refractivity contribution in [2.24, 2.45) is 5.92 Å². The Kier molecular flexibility index (Phi) is 5.12. The molecule has 1 aromatic carbocycles. The molecule has 0 spiro atoms. The summed E-state index contributed by atoms with van der Waals surface area (Å²) in [6.07, 6.45) is 2.18. The van der Waals surface area contributed by atoms with Crippen LogP contribution in [0.25, 0.3) is 0 Å². The van der Waals surface area contributed by atoms with Crippen molar-refractivity contribution in [2.75, 3.05) is 26.2 Å². The van der Waals surface area contributed by atoms with Crippen molar-refractivity contribution in [3.8, 4) is 5.75 Å². The molecular weight excluding hydrogens is 312 g/mol. The number of carbonyl (C=O) groups is 1. The molecule has 2 aliphatic heterocycles. The summed E-state index contributed by atoms with van der Waals surface area (Å²) in [6.45, 7) is 7.74. The number of likely N-dealkylation sites (tertiary alicyclic amines) is 2. The van der Waals surface area contributed by atoms with Crippen LogP contribution in [0.5, 0.6) is 5.75 Å². The molecule has 0 radical (unpaired) electrons. The molecule has 0 aliphatic carbocycles. The van der Waals surface area contributed by atoms with Gasteiger partial charge in [0, 0.05) is 12.6 Å². The molecule has 5 heteroatoms. The molecule has 0 bridgehead atoms. The van der Waals surface area contributed by atoms with Crippen LogP contribution in [-0.4, -0.2) is 54.0 Å². The predicted octanol–water partition coefficient (Wildman–Crippen LogP) is 3.05. The zero-order chi connectivity index (χ0) is 16.4. The molecule has 2 aliphatic rings. The zero-order valence-electron chi connectivity index (χ0n) is 13.9. The third-order valence-corrected chi connectivity index (χ3v) is 5.13. The van der Waals surface area contributed by atoms with E-state index >= 15 is 0 Å². The summed E-state index contributed by atoms with van der Waals surface area (Å²) in [6, 6.07) is 7.99. The van der Waals surface area contributed by atoms with Crippen molar-refractivity contribution in [3.05, 3.63) is 29.3 Å². The molecule has 23 heavy (non-hydrogen) atoms. The van der Waals surface area contributed by atoms with E-state index in [0.717, 1.165) is 25.9 Å². The molecule has 1 unspecified atom stereocenters. The molecule has 2 heterocycles. The van der Waals surface area contributed by atoms with E-state index in [-0.39, 0.29) is 17.9 Å². The van der Waals surface area contributed by atoms with Crippen LogP contribution in [0, 0.1) is 5.92 Å². The average molecular weight is 337 g/mol. The second-order valence-electron chi connectivity index (χ2n) is 6.84. The summed E-state index contributed by atoms with van der Waals surface area (Å²) in [5.41, 5.74) is 0. The van der Waals surface area contributed by atoms with Crippen molar-refractivity contribution >= 4 is 17.5 Å². The molecule has 3 rings (SSSR count). The Bertz CT molecular complexity index is 558. The van der Waals surface area contributed by atoms with E-state index < -0.39 is 0 Å². The monoisotopic (exact) mass is 336 g/mol. The van der Waals surface area contributed by atoms with Crippen molar-refractivity contribution < 1.29 is 9.53 Å². The number of halogens is 1. The minimum absolute atomic E-state index is 0.0589. The van der Waals surface area contributed by atoms with Gasteiger partial charge in [-0.25, -0.2) is 0 Å². The topological polar surface area (TPSA) is 32.8 Å². The molecular formula is C18H25ClN2O2. The van der Waals surface area contributed by atoms with Gasteiger partial charge in [-0.1, -0.05) is 23.7 Å². The first-order valence-corrected chi connectivity index (χ1v) is 8.86. The highest BCUT2D eigenvalue weighted by molar-refractivity contribution is 6.32. The molecule has 4 nitrogen and oxygen atoms in total. The molecule has 1 atom stereocenters. The number of nitrogens with zero attached hydrogens (tertiary/aromatic N) is 2. The maximum absolute atomic E-state index is 12.6. The largest absolute Gasteiger partial charge is 0.485 e. The van der Waals surface area contributed by atoms with Crippen LogP contribution >= 0.6 is 11.6 Å². The normalized spacial score (nSPS) is 23.0. The van der Waals surface area contributed by atoms with Crippen LogP contribution in [0.3, 0.4) is 0 Å². The summed E-state index contributed by atoms with van der Waals surface area (Å²) in [7, 11) is 0. The number of amides is 1. The van der Waals surface area contributed by atoms with Crippen LogP contribution < -0.4 is 4.74 Å². The second-order valence-corrected chi connectivity index (χ2v) is 7.25. The minimum Gasteiger partial charge on any atom is -0.485 e. The number of hydrogen-bond donors (Lipinski definition) is 0. The van der Waals surface area contributed by atoms with Gasteiger partial charge in [0.05, 0.1) is 24.0 Å². The summed E-state index contributed by atoms with van der Waals surface area (Å²) in [4.78, 5) is 17.0. The highest BCUT2D eigenvalue weighted by Gasteiger charge is 2.37. The number of ether oxygens (including phenoxy) is 1. The van der Waals surface area contributed by atoms with E-state index in [1.807, 2.05) is 29.2 Å². The molecule has 0 saturated carbocycles. The van der Waals surface area contributed by atoms with Crippen LogP contribution in [0.1, 0.15) is 26.7 Å². The first-order chi connectivity index (χ1) is 11.0. The number of hydrogen-bond acceptors (Lipinski definition) is 3. The Morgan fingerprint density at radius 2 is 2.00 bits per heavy atom. The van der Waals surface area contributed by atoms with Gasteiger partial charge in [0.1, 0.15) is 11.9 Å². The highest BCUT2D eigenvalue weighted by Crippen LogP contribution is 2.28. The maximum atomic E-state index is 12.6. The maximum Gasteiger partial charge on any atom is 0.227 e. The summed E-state index contributed by atoms with van der Waals surface area (Å²) in [5, 5.41) is 0.622. The van der Waals surface area contributed by atoms with Gasteiger partial charge in [0.25, 0.3) is 0 Å². The van der Waals surface area contributed by atoms with Crippen molar-refractivity contribution in [2.45, 2.75) is 38.8 Å². The molecule has 1 aromatic rings. The Balaban J connectivity index is 1.49. The van der Waals surface area contributed by atoms with Crippen molar-refractivity contribution in [1.82, 2.24) is 9.80 Å². The molecule has 0 N–H and O–H groups in total. The van der Waals surface area contributed by atoms with Gasteiger partial charge in [-0.15, -0.1) is 0 Å². The lowest BCUT2D eigenvalue weighted by atomic mass is 9.94. The van der Waals surface area contributed by atoms with Gasteiger partial charge in [0.2, 0.25) is 5.91 Å².